The van der Waals surface area contributed by atoms with Gasteiger partial charge in [-0.2, -0.15) is 0 Å². The van der Waals surface area contributed by atoms with E-state index in [2.05, 4.69) is 41.1 Å². The number of nitrogens with one attached hydrogen (secondary N) is 2. The zero-order chi connectivity index (χ0) is 16.5. The number of hydrogen-bond donors (Lipinski definition) is 2. The molecule has 1 aliphatic rings. The third-order valence-electron chi connectivity index (χ3n) is 4.24. The molecule has 1 aliphatic heterocycles. The van der Waals surface area contributed by atoms with Crippen LogP contribution in [-0.4, -0.2) is 33.9 Å². The first-order chi connectivity index (χ1) is 11.7. The van der Waals surface area contributed by atoms with Crippen molar-refractivity contribution in [3.63, 3.8) is 0 Å². The molecule has 6 nitrogen and oxygen atoms in total. The lowest BCUT2D eigenvalue weighted by Crippen LogP contribution is -2.21. The molecule has 3 aromatic heterocycles. The van der Waals surface area contributed by atoms with Gasteiger partial charge in [0.2, 0.25) is 0 Å². The Hall–Kier alpha value is -2.41. The second kappa shape index (κ2) is 6.24. The molecule has 0 aromatic carbocycles. The number of nitrogens with zero attached hydrogens (tertiary/aromatic N) is 3. The van der Waals surface area contributed by atoms with Gasteiger partial charge in [0.15, 0.2) is 0 Å². The van der Waals surface area contributed by atoms with Gasteiger partial charge in [-0.3, -0.25) is 9.78 Å². The van der Waals surface area contributed by atoms with Gasteiger partial charge >= 0.3 is 0 Å². The van der Waals surface area contributed by atoms with Crippen molar-refractivity contribution in [1.29, 1.82) is 0 Å². The molecule has 4 rings (SSSR count). The van der Waals surface area contributed by atoms with Gasteiger partial charge in [-0.15, -0.1) is 0 Å². The first-order valence-corrected chi connectivity index (χ1v) is 8.64. The third kappa shape index (κ3) is 2.75. The lowest BCUT2D eigenvalue weighted by atomic mass is 10.2. The number of carbonyl (C=O) groups excluding carboxylic acids is 1. The molecule has 0 bridgehead atoms. The van der Waals surface area contributed by atoms with Gasteiger partial charge in [-0.05, 0) is 40.9 Å². The molecular weight excluding hydrogens is 370 g/mol. The van der Waals surface area contributed by atoms with E-state index in [9.17, 15) is 4.79 Å². The van der Waals surface area contributed by atoms with E-state index >= 15 is 0 Å². The summed E-state index contributed by atoms with van der Waals surface area (Å²) in [5.41, 5.74) is 3.01. The van der Waals surface area contributed by atoms with Gasteiger partial charge in [-0.1, -0.05) is 0 Å². The summed E-state index contributed by atoms with van der Waals surface area (Å²) in [6.45, 7) is 2.02. The zero-order valence-corrected chi connectivity index (χ0v) is 14.5. The molecule has 0 aliphatic carbocycles. The highest BCUT2D eigenvalue weighted by Crippen LogP contribution is 2.29. The number of halogens is 1. The third-order valence-corrected chi connectivity index (χ3v) is 4.67. The topological polar surface area (TPSA) is 73.9 Å². The molecular formula is C17H16BrN5O. The minimum atomic E-state index is -0.172. The standard InChI is InChI=1S/C17H16BrN5O/c18-11-7-12-13(9-21-16(12)20-8-11)17(24)22-14-10-19-4-3-15(14)23-5-1-2-6-23/h3-4,7-10H,1-2,5-6H2,(H,20,21)(H,22,24). The van der Waals surface area contributed by atoms with Crippen molar-refractivity contribution < 1.29 is 4.79 Å². The van der Waals surface area contributed by atoms with Crippen LogP contribution in [0, 0.1) is 0 Å². The Kier molecular flexibility index (Phi) is 3.93. The molecule has 0 spiro atoms. The highest BCUT2D eigenvalue weighted by molar-refractivity contribution is 9.10. The molecule has 1 saturated heterocycles. The first-order valence-electron chi connectivity index (χ1n) is 7.85. The van der Waals surface area contributed by atoms with Crippen LogP contribution < -0.4 is 10.2 Å². The quantitative estimate of drug-likeness (QED) is 0.722. The summed E-state index contributed by atoms with van der Waals surface area (Å²) < 4.78 is 0.836. The first kappa shape index (κ1) is 15.1. The predicted octanol–water partition coefficient (Wildman–Crippen LogP) is 3.57. The van der Waals surface area contributed by atoms with Crippen LogP contribution in [0.4, 0.5) is 11.4 Å². The molecule has 24 heavy (non-hydrogen) atoms. The maximum atomic E-state index is 12.7. The van der Waals surface area contributed by atoms with E-state index in [4.69, 9.17) is 0 Å². The summed E-state index contributed by atoms with van der Waals surface area (Å²) >= 11 is 3.40. The van der Waals surface area contributed by atoms with Crippen LogP contribution in [0.5, 0.6) is 0 Å². The van der Waals surface area contributed by atoms with Crippen molar-refractivity contribution in [3.05, 3.63) is 47.0 Å². The summed E-state index contributed by atoms with van der Waals surface area (Å²) in [6, 6.07) is 3.84. The van der Waals surface area contributed by atoms with Crippen molar-refractivity contribution in [2.45, 2.75) is 12.8 Å². The maximum Gasteiger partial charge on any atom is 0.257 e. The summed E-state index contributed by atoms with van der Waals surface area (Å²) in [5, 5.41) is 3.78. The van der Waals surface area contributed by atoms with Crippen LogP contribution >= 0.6 is 15.9 Å². The Labute approximate surface area is 147 Å². The molecule has 0 atom stereocenters. The number of hydrogen-bond acceptors (Lipinski definition) is 4. The highest BCUT2D eigenvalue weighted by Gasteiger charge is 2.19. The van der Waals surface area contributed by atoms with Crippen molar-refractivity contribution in [2.24, 2.45) is 0 Å². The molecule has 1 amide bonds. The van der Waals surface area contributed by atoms with Crippen LogP contribution in [0.3, 0.4) is 0 Å². The van der Waals surface area contributed by atoms with E-state index in [1.807, 2.05) is 12.1 Å². The highest BCUT2D eigenvalue weighted by atomic mass is 79.9. The van der Waals surface area contributed by atoms with Gasteiger partial charge < -0.3 is 15.2 Å². The predicted molar refractivity (Wildman–Crippen MR) is 97.4 cm³/mol. The number of aromatic nitrogens is 3. The van der Waals surface area contributed by atoms with Crippen LogP contribution in [0.15, 0.2) is 41.4 Å². The van der Waals surface area contributed by atoms with E-state index < -0.39 is 0 Å². The SMILES string of the molecule is O=C(Nc1cnccc1N1CCCC1)c1c[nH]c2ncc(Br)cc12. The normalized spacial score (nSPS) is 14.3. The Morgan fingerprint density at radius 2 is 2.12 bits per heavy atom. The van der Waals surface area contributed by atoms with Crippen molar-refractivity contribution in [2.75, 3.05) is 23.3 Å². The van der Waals surface area contributed by atoms with Crippen molar-refractivity contribution >= 4 is 44.2 Å². The largest absolute Gasteiger partial charge is 0.370 e. The number of pyridine rings is 2. The van der Waals surface area contributed by atoms with E-state index in [0.29, 0.717) is 11.2 Å². The smallest absolute Gasteiger partial charge is 0.257 e. The van der Waals surface area contributed by atoms with Gasteiger partial charge in [0.05, 0.1) is 23.1 Å². The van der Waals surface area contributed by atoms with E-state index in [-0.39, 0.29) is 5.91 Å². The summed E-state index contributed by atoms with van der Waals surface area (Å²) in [5.74, 6) is -0.172. The number of anilines is 2. The molecule has 0 radical (unpaired) electrons. The fourth-order valence-corrected chi connectivity index (χ4v) is 3.40. The molecule has 122 valence electrons. The Morgan fingerprint density at radius 3 is 2.96 bits per heavy atom. The molecule has 0 saturated carbocycles. The second-order valence-electron chi connectivity index (χ2n) is 5.79. The van der Waals surface area contributed by atoms with Gasteiger partial charge in [0.25, 0.3) is 5.91 Å². The fourth-order valence-electron chi connectivity index (χ4n) is 3.07. The van der Waals surface area contributed by atoms with Gasteiger partial charge in [-0.25, -0.2) is 4.98 Å². The van der Waals surface area contributed by atoms with Crippen molar-refractivity contribution in [1.82, 2.24) is 15.0 Å². The lowest BCUT2D eigenvalue weighted by molar-refractivity contribution is 0.102. The minimum Gasteiger partial charge on any atom is -0.370 e. The number of carbonyl (C=O) groups is 1. The van der Waals surface area contributed by atoms with E-state index in [0.717, 1.165) is 34.3 Å². The number of fused-ring (bicyclic) bond motifs is 1. The average molecular weight is 386 g/mol. The maximum absolute atomic E-state index is 12.7. The average Bonchev–Trinajstić information content (AvgIpc) is 3.24. The number of aromatic amines is 1. The lowest BCUT2D eigenvalue weighted by Gasteiger charge is -2.21. The van der Waals surface area contributed by atoms with Crippen LogP contribution in [0.1, 0.15) is 23.2 Å². The summed E-state index contributed by atoms with van der Waals surface area (Å²) in [7, 11) is 0. The fraction of sp³-hybridized carbons (Fsp3) is 0.235. The molecule has 0 unspecified atom stereocenters. The van der Waals surface area contributed by atoms with Crippen molar-refractivity contribution in [3.8, 4) is 0 Å². The zero-order valence-electron chi connectivity index (χ0n) is 12.9. The van der Waals surface area contributed by atoms with E-state index in [1.54, 1.807) is 24.8 Å². The summed E-state index contributed by atoms with van der Waals surface area (Å²) in [4.78, 5) is 26.5. The minimum absolute atomic E-state index is 0.172. The number of H-pyrrole nitrogens is 1. The second-order valence-corrected chi connectivity index (χ2v) is 6.71. The number of amides is 1. The Bertz CT molecular complexity index is 901. The molecule has 4 heterocycles. The molecule has 2 N–H and O–H groups in total. The molecule has 3 aromatic rings. The van der Waals surface area contributed by atoms with Crippen LogP contribution in [0.2, 0.25) is 0 Å². The number of rotatable bonds is 3. The van der Waals surface area contributed by atoms with E-state index in [1.165, 1.54) is 12.8 Å². The monoisotopic (exact) mass is 385 g/mol. The summed E-state index contributed by atoms with van der Waals surface area (Å²) in [6.07, 6.45) is 9.21. The molecule has 7 heteroatoms. The molecule has 1 fully saturated rings. The Morgan fingerprint density at radius 1 is 1.29 bits per heavy atom. The van der Waals surface area contributed by atoms with Crippen LogP contribution in [0.25, 0.3) is 11.0 Å². The van der Waals surface area contributed by atoms with Crippen LogP contribution in [-0.2, 0) is 0 Å². The van der Waals surface area contributed by atoms with Gasteiger partial charge in [0, 0.05) is 41.5 Å². The van der Waals surface area contributed by atoms with Gasteiger partial charge in [0.1, 0.15) is 5.65 Å². The Balaban J connectivity index is 1.65.